The molecular weight excluding hydrogens is 160 g/mol. The Kier molecular flexibility index (Phi) is 3.24. The van der Waals surface area contributed by atoms with E-state index in [0.29, 0.717) is 0 Å². The predicted molar refractivity (Wildman–Crippen MR) is 54.4 cm³/mol. The summed E-state index contributed by atoms with van der Waals surface area (Å²) in [5.41, 5.74) is 5.11. The lowest BCUT2D eigenvalue weighted by molar-refractivity contribution is -0.112. The molecule has 0 saturated carbocycles. The van der Waals surface area contributed by atoms with Gasteiger partial charge in [-0.05, 0) is 25.5 Å². The van der Waals surface area contributed by atoms with E-state index in [4.69, 9.17) is 0 Å². The van der Waals surface area contributed by atoms with Gasteiger partial charge in [0.15, 0.2) is 5.78 Å². The number of allylic oxidation sites excluding steroid dienone is 1. The molecule has 0 saturated heterocycles. The van der Waals surface area contributed by atoms with Crippen LogP contribution in [0.5, 0.6) is 0 Å². The van der Waals surface area contributed by atoms with Crippen molar-refractivity contribution in [2.45, 2.75) is 13.8 Å². The zero-order chi connectivity index (χ0) is 9.68. The highest BCUT2D eigenvalue weighted by Crippen LogP contribution is 2.03. The van der Waals surface area contributed by atoms with Gasteiger partial charge in [0.05, 0.1) is 0 Å². The average Bonchev–Trinajstić information content (AvgIpc) is 2.08. The lowest BCUT2D eigenvalue weighted by Crippen LogP contribution is -1.76. The van der Waals surface area contributed by atoms with E-state index in [2.05, 4.69) is 5.73 Å². The Morgan fingerprint density at radius 2 is 1.92 bits per heavy atom. The van der Waals surface area contributed by atoms with Crippen LogP contribution in [-0.2, 0) is 4.79 Å². The minimum Gasteiger partial charge on any atom is -0.294 e. The summed E-state index contributed by atoms with van der Waals surface area (Å²) in [4.78, 5) is 10.6. The second kappa shape index (κ2) is 4.44. The summed E-state index contributed by atoms with van der Waals surface area (Å²) >= 11 is 0. The monoisotopic (exact) mass is 172 g/mol. The lowest BCUT2D eigenvalue weighted by Gasteiger charge is -1.91. The number of benzene rings is 1. The SMILES string of the molecule is CC(=O)C=C=Cc1ccc(C)cc1. The maximum atomic E-state index is 10.6. The summed E-state index contributed by atoms with van der Waals surface area (Å²) < 4.78 is 0. The first-order valence-electron chi connectivity index (χ1n) is 4.18. The second-order valence-electron chi connectivity index (χ2n) is 2.98. The highest BCUT2D eigenvalue weighted by atomic mass is 16.1. The van der Waals surface area contributed by atoms with Gasteiger partial charge in [-0.2, -0.15) is 0 Å². The molecule has 0 fully saturated rings. The van der Waals surface area contributed by atoms with E-state index in [-0.39, 0.29) is 5.78 Å². The van der Waals surface area contributed by atoms with E-state index in [9.17, 15) is 4.79 Å². The third-order valence-corrected chi connectivity index (χ3v) is 1.61. The molecule has 0 aliphatic rings. The maximum absolute atomic E-state index is 10.6. The van der Waals surface area contributed by atoms with Gasteiger partial charge in [-0.1, -0.05) is 29.8 Å². The first-order chi connectivity index (χ1) is 6.18. The van der Waals surface area contributed by atoms with Gasteiger partial charge < -0.3 is 0 Å². The first kappa shape index (κ1) is 9.50. The molecule has 1 heteroatoms. The Labute approximate surface area is 78.4 Å². The Hall–Kier alpha value is -1.59. The van der Waals surface area contributed by atoms with Gasteiger partial charge in [0.1, 0.15) is 0 Å². The molecule has 0 atom stereocenters. The van der Waals surface area contributed by atoms with Crippen molar-refractivity contribution in [3.05, 3.63) is 47.2 Å². The smallest absolute Gasteiger partial charge is 0.160 e. The zero-order valence-corrected chi connectivity index (χ0v) is 7.87. The fourth-order valence-corrected chi connectivity index (χ4v) is 0.918. The van der Waals surface area contributed by atoms with E-state index in [1.807, 2.05) is 31.2 Å². The quantitative estimate of drug-likeness (QED) is 0.495. The van der Waals surface area contributed by atoms with E-state index < -0.39 is 0 Å². The fraction of sp³-hybridized carbons (Fsp3) is 0.167. The summed E-state index contributed by atoms with van der Waals surface area (Å²) in [5, 5.41) is 0. The van der Waals surface area contributed by atoms with Crippen LogP contribution in [0.1, 0.15) is 18.1 Å². The number of hydrogen-bond acceptors (Lipinski definition) is 1. The molecule has 1 rings (SSSR count). The Morgan fingerprint density at radius 1 is 1.31 bits per heavy atom. The Balaban J connectivity index is 2.81. The first-order valence-corrected chi connectivity index (χ1v) is 4.18. The molecule has 1 aromatic carbocycles. The summed E-state index contributed by atoms with van der Waals surface area (Å²) in [5.74, 6) is 0.0170. The largest absolute Gasteiger partial charge is 0.294 e. The van der Waals surface area contributed by atoms with Gasteiger partial charge in [0.25, 0.3) is 0 Å². The van der Waals surface area contributed by atoms with Crippen LogP contribution in [0, 0.1) is 6.92 Å². The Bertz CT molecular complexity index is 351. The van der Waals surface area contributed by atoms with Crippen LogP contribution in [-0.4, -0.2) is 5.78 Å². The number of ketones is 1. The number of hydrogen-bond donors (Lipinski definition) is 0. The number of carbonyl (C=O) groups is 1. The third-order valence-electron chi connectivity index (χ3n) is 1.61. The highest BCUT2D eigenvalue weighted by molar-refractivity contribution is 5.87. The van der Waals surface area contributed by atoms with Crippen molar-refractivity contribution < 1.29 is 4.79 Å². The van der Waals surface area contributed by atoms with E-state index >= 15 is 0 Å². The molecular formula is C12H12O. The van der Waals surface area contributed by atoms with E-state index in [0.717, 1.165) is 5.56 Å². The standard InChI is InChI=1S/C12H12O/c1-10-6-8-12(9-7-10)5-3-4-11(2)13/h4-9H,1-2H3. The van der Waals surface area contributed by atoms with E-state index in [1.165, 1.54) is 18.6 Å². The number of aryl methyl sites for hydroxylation is 1. The van der Waals surface area contributed by atoms with Crippen molar-refractivity contribution in [2.75, 3.05) is 0 Å². The van der Waals surface area contributed by atoms with Gasteiger partial charge in [-0.3, -0.25) is 4.79 Å². The Morgan fingerprint density at radius 3 is 2.46 bits per heavy atom. The molecule has 0 N–H and O–H groups in total. The van der Waals surface area contributed by atoms with Crippen LogP contribution >= 0.6 is 0 Å². The van der Waals surface area contributed by atoms with Gasteiger partial charge in [-0.25, -0.2) is 0 Å². The average molecular weight is 172 g/mol. The zero-order valence-electron chi connectivity index (χ0n) is 7.87. The molecule has 66 valence electrons. The molecule has 0 amide bonds. The van der Waals surface area contributed by atoms with Crippen LogP contribution in [0.4, 0.5) is 0 Å². The summed E-state index contributed by atoms with van der Waals surface area (Å²) in [6.07, 6.45) is 3.22. The minimum atomic E-state index is 0.0170. The summed E-state index contributed by atoms with van der Waals surface area (Å²) in [6, 6.07) is 8.05. The summed E-state index contributed by atoms with van der Waals surface area (Å²) in [7, 11) is 0. The van der Waals surface area contributed by atoms with Crippen LogP contribution in [0.25, 0.3) is 6.08 Å². The van der Waals surface area contributed by atoms with Crippen LogP contribution in [0.2, 0.25) is 0 Å². The highest BCUT2D eigenvalue weighted by Gasteiger charge is 1.84. The van der Waals surface area contributed by atoms with Crippen molar-refractivity contribution in [3.8, 4) is 0 Å². The van der Waals surface area contributed by atoms with Gasteiger partial charge >= 0.3 is 0 Å². The molecule has 0 bridgehead atoms. The molecule has 0 aliphatic carbocycles. The molecule has 0 heterocycles. The van der Waals surface area contributed by atoms with Crippen molar-refractivity contribution in [3.63, 3.8) is 0 Å². The molecule has 1 nitrogen and oxygen atoms in total. The molecule has 0 aromatic heterocycles. The second-order valence-corrected chi connectivity index (χ2v) is 2.98. The van der Waals surface area contributed by atoms with Crippen LogP contribution in [0.3, 0.4) is 0 Å². The topological polar surface area (TPSA) is 17.1 Å². The maximum Gasteiger partial charge on any atom is 0.160 e. The number of rotatable bonds is 2. The third kappa shape index (κ3) is 3.55. The van der Waals surface area contributed by atoms with Gasteiger partial charge in [0.2, 0.25) is 0 Å². The van der Waals surface area contributed by atoms with E-state index in [1.54, 1.807) is 6.08 Å². The minimum absolute atomic E-state index is 0.0170. The fourth-order valence-electron chi connectivity index (χ4n) is 0.918. The van der Waals surface area contributed by atoms with Crippen molar-refractivity contribution >= 4 is 11.9 Å². The molecule has 0 aliphatic heterocycles. The molecule has 0 unspecified atom stereocenters. The van der Waals surface area contributed by atoms with Crippen LogP contribution in [0.15, 0.2) is 36.1 Å². The normalized spacial score (nSPS) is 8.77. The van der Waals surface area contributed by atoms with Crippen LogP contribution < -0.4 is 0 Å². The van der Waals surface area contributed by atoms with Crippen molar-refractivity contribution in [1.29, 1.82) is 0 Å². The van der Waals surface area contributed by atoms with Crippen molar-refractivity contribution in [1.82, 2.24) is 0 Å². The molecule has 1 aromatic rings. The van der Waals surface area contributed by atoms with Gasteiger partial charge in [-0.15, -0.1) is 5.73 Å². The number of carbonyl (C=O) groups excluding carboxylic acids is 1. The lowest BCUT2D eigenvalue weighted by atomic mass is 10.1. The predicted octanol–water partition coefficient (Wildman–Crippen LogP) is 2.75. The molecule has 0 spiro atoms. The molecule has 0 radical (unpaired) electrons. The summed E-state index contributed by atoms with van der Waals surface area (Å²) in [6.45, 7) is 3.55. The van der Waals surface area contributed by atoms with Crippen molar-refractivity contribution in [2.24, 2.45) is 0 Å². The molecule has 13 heavy (non-hydrogen) atoms. The van der Waals surface area contributed by atoms with Gasteiger partial charge in [0, 0.05) is 6.08 Å².